The normalized spacial score (nSPS) is 17.8. The maximum absolute atomic E-state index is 11.9. The number of benzene rings is 1. The lowest BCUT2D eigenvalue weighted by atomic mass is 9.94. The smallest absolute Gasteiger partial charge is 0.233 e. The minimum Gasteiger partial charge on any atom is -0.488 e. The maximum Gasteiger partial charge on any atom is 0.233 e. The second-order valence-corrected chi connectivity index (χ2v) is 5.40. The van der Waals surface area contributed by atoms with Crippen LogP contribution in [0.5, 0.6) is 5.75 Å². The van der Waals surface area contributed by atoms with Crippen LogP contribution in [0.1, 0.15) is 13.8 Å². The third-order valence-corrected chi connectivity index (χ3v) is 3.26. The lowest BCUT2D eigenvalue weighted by Crippen LogP contribution is -2.33. The van der Waals surface area contributed by atoms with Crippen molar-refractivity contribution in [3.8, 4) is 5.75 Å². The Kier molecular flexibility index (Phi) is 2.87. The van der Waals surface area contributed by atoms with Gasteiger partial charge in [-0.05, 0) is 19.9 Å². The number of anilines is 2. The molecule has 2 rings (SSSR count). The molecule has 0 saturated carbocycles. The second-order valence-electron chi connectivity index (χ2n) is 4.58. The van der Waals surface area contributed by atoms with E-state index >= 15 is 0 Å². The molecular weight excluding hydrogens is 263 g/mol. The lowest BCUT2D eigenvalue weighted by Gasteiger charge is -2.18. The maximum atomic E-state index is 11.9. The number of ether oxygens (including phenoxy) is 1. The molecule has 1 aliphatic heterocycles. The van der Waals surface area contributed by atoms with Crippen LogP contribution < -0.4 is 15.8 Å². The molecule has 0 unspecified atom stereocenters. The second kappa shape index (κ2) is 3.96. The molecule has 1 heterocycles. The summed E-state index contributed by atoms with van der Waals surface area (Å²) in [5.74, 6) is 0.168. The molecule has 4 nitrogen and oxygen atoms in total. The summed E-state index contributed by atoms with van der Waals surface area (Å²) in [5.41, 5.74) is 5.82. The van der Waals surface area contributed by atoms with Crippen LogP contribution in [0.25, 0.3) is 0 Å². The van der Waals surface area contributed by atoms with E-state index in [4.69, 9.17) is 33.7 Å². The van der Waals surface area contributed by atoms with E-state index < -0.39 is 5.41 Å². The van der Waals surface area contributed by atoms with Crippen LogP contribution in [-0.2, 0) is 4.79 Å². The standard InChI is InChI=1S/C11H12Cl2N2O2/c1-11(2)4-17-9-7(14)5(12)3-6(13)8(9)15-10(11)16/h3H,4,14H2,1-2H3,(H,15,16). The van der Waals surface area contributed by atoms with E-state index in [2.05, 4.69) is 5.32 Å². The van der Waals surface area contributed by atoms with Crippen LogP contribution in [0.4, 0.5) is 11.4 Å². The van der Waals surface area contributed by atoms with E-state index in [9.17, 15) is 4.79 Å². The van der Waals surface area contributed by atoms with Crippen molar-refractivity contribution in [1.29, 1.82) is 0 Å². The zero-order valence-corrected chi connectivity index (χ0v) is 10.9. The highest BCUT2D eigenvalue weighted by Crippen LogP contribution is 2.44. The summed E-state index contributed by atoms with van der Waals surface area (Å²) in [5, 5.41) is 3.33. The first kappa shape index (κ1) is 12.3. The van der Waals surface area contributed by atoms with Crippen molar-refractivity contribution in [3.63, 3.8) is 0 Å². The summed E-state index contributed by atoms with van der Waals surface area (Å²) in [6.45, 7) is 3.77. The van der Waals surface area contributed by atoms with Gasteiger partial charge >= 0.3 is 0 Å². The van der Waals surface area contributed by atoms with Crippen molar-refractivity contribution >= 4 is 40.5 Å². The van der Waals surface area contributed by atoms with E-state index in [0.29, 0.717) is 21.5 Å². The van der Waals surface area contributed by atoms with Crippen LogP contribution in [0, 0.1) is 5.41 Å². The van der Waals surface area contributed by atoms with E-state index in [0.717, 1.165) is 0 Å². The predicted octanol–water partition coefficient (Wildman–Crippen LogP) is 2.93. The Balaban J connectivity index is 2.58. The molecule has 92 valence electrons. The van der Waals surface area contributed by atoms with Crippen molar-refractivity contribution in [1.82, 2.24) is 0 Å². The topological polar surface area (TPSA) is 64.3 Å². The highest BCUT2D eigenvalue weighted by molar-refractivity contribution is 6.39. The zero-order valence-electron chi connectivity index (χ0n) is 9.43. The fourth-order valence-corrected chi connectivity index (χ4v) is 1.97. The van der Waals surface area contributed by atoms with Gasteiger partial charge in [0.05, 0.1) is 21.1 Å². The molecule has 6 heteroatoms. The molecule has 1 amide bonds. The molecule has 3 N–H and O–H groups in total. The van der Waals surface area contributed by atoms with Crippen molar-refractivity contribution in [2.24, 2.45) is 5.41 Å². The molecule has 0 bridgehead atoms. The molecule has 1 aliphatic rings. The molecule has 0 saturated heterocycles. The highest BCUT2D eigenvalue weighted by Gasteiger charge is 2.34. The van der Waals surface area contributed by atoms with Gasteiger partial charge in [0.2, 0.25) is 5.91 Å². The Bertz CT molecular complexity index is 501. The number of nitrogens with one attached hydrogen (secondary N) is 1. The largest absolute Gasteiger partial charge is 0.488 e. The molecule has 0 fully saturated rings. The lowest BCUT2D eigenvalue weighted by molar-refractivity contribution is -0.124. The molecular formula is C11H12Cl2N2O2. The average molecular weight is 275 g/mol. The SMILES string of the molecule is CC1(C)COc2c(N)c(Cl)cc(Cl)c2NC1=O. The number of halogens is 2. The Labute approximate surface area is 109 Å². The van der Waals surface area contributed by atoms with Gasteiger partial charge in [0, 0.05) is 0 Å². The minimum absolute atomic E-state index is 0.167. The van der Waals surface area contributed by atoms with Gasteiger partial charge in [-0.2, -0.15) is 0 Å². The summed E-state index contributed by atoms with van der Waals surface area (Å²) in [6.07, 6.45) is 0. The van der Waals surface area contributed by atoms with Gasteiger partial charge in [0.15, 0.2) is 5.75 Å². The number of fused-ring (bicyclic) bond motifs is 1. The van der Waals surface area contributed by atoms with Gasteiger partial charge in [0.1, 0.15) is 12.3 Å². The van der Waals surface area contributed by atoms with E-state index in [1.54, 1.807) is 13.8 Å². The Hall–Kier alpha value is -1.13. The van der Waals surface area contributed by atoms with Crippen LogP contribution in [0.2, 0.25) is 10.0 Å². The van der Waals surface area contributed by atoms with Crippen LogP contribution in [0.15, 0.2) is 6.07 Å². The molecule has 1 aromatic rings. The van der Waals surface area contributed by atoms with Gasteiger partial charge in [-0.1, -0.05) is 23.2 Å². The first-order valence-electron chi connectivity index (χ1n) is 5.04. The Morgan fingerprint density at radius 3 is 2.71 bits per heavy atom. The quantitative estimate of drug-likeness (QED) is 0.715. The van der Waals surface area contributed by atoms with Gasteiger partial charge in [0.25, 0.3) is 0 Å². The fourth-order valence-electron chi connectivity index (χ4n) is 1.48. The Morgan fingerprint density at radius 1 is 1.41 bits per heavy atom. The zero-order chi connectivity index (χ0) is 12.8. The van der Waals surface area contributed by atoms with Gasteiger partial charge in [-0.25, -0.2) is 0 Å². The number of hydrogen-bond donors (Lipinski definition) is 2. The molecule has 0 atom stereocenters. The van der Waals surface area contributed by atoms with E-state index in [1.165, 1.54) is 6.07 Å². The van der Waals surface area contributed by atoms with Gasteiger partial charge < -0.3 is 15.8 Å². The van der Waals surface area contributed by atoms with Crippen molar-refractivity contribution in [2.75, 3.05) is 17.7 Å². The monoisotopic (exact) mass is 274 g/mol. The summed E-state index contributed by atoms with van der Waals surface area (Å²) in [4.78, 5) is 11.9. The number of nitrogen functional groups attached to an aromatic ring is 1. The Morgan fingerprint density at radius 2 is 2.06 bits per heavy atom. The predicted molar refractivity (Wildman–Crippen MR) is 68.8 cm³/mol. The van der Waals surface area contributed by atoms with Crippen molar-refractivity contribution in [2.45, 2.75) is 13.8 Å². The molecule has 0 aromatic heterocycles. The molecule has 0 aliphatic carbocycles. The summed E-state index contributed by atoms with van der Waals surface area (Å²) < 4.78 is 5.55. The summed E-state index contributed by atoms with van der Waals surface area (Å²) >= 11 is 11.9. The van der Waals surface area contributed by atoms with Crippen molar-refractivity contribution < 1.29 is 9.53 Å². The first-order chi connectivity index (χ1) is 7.83. The number of carbonyl (C=O) groups is 1. The molecule has 1 aromatic carbocycles. The molecule has 0 spiro atoms. The van der Waals surface area contributed by atoms with E-state index in [1.807, 2.05) is 0 Å². The molecule has 17 heavy (non-hydrogen) atoms. The number of nitrogens with two attached hydrogens (primary N) is 1. The highest BCUT2D eigenvalue weighted by atomic mass is 35.5. The number of carbonyl (C=O) groups excluding carboxylic acids is 1. The third kappa shape index (κ3) is 2.03. The van der Waals surface area contributed by atoms with Gasteiger partial charge in [-0.15, -0.1) is 0 Å². The fraction of sp³-hybridized carbons (Fsp3) is 0.364. The first-order valence-corrected chi connectivity index (χ1v) is 5.80. The van der Waals surface area contributed by atoms with Gasteiger partial charge in [-0.3, -0.25) is 4.79 Å². The van der Waals surface area contributed by atoms with E-state index in [-0.39, 0.29) is 18.2 Å². The molecule has 0 radical (unpaired) electrons. The minimum atomic E-state index is -0.652. The van der Waals surface area contributed by atoms with Crippen LogP contribution >= 0.6 is 23.2 Å². The third-order valence-electron chi connectivity index (χ3n) is 2.65. The summed E-state index contributed by atoms with van der Waals surface area (Å²) in [7, 11) is 0. The van der Waals surface area contributed by atoms with Crippen LogP contribution in [-0.4, -0.2) is 12.5 Å². The number of hydrogen-bond acceptors (Lipinski definition) is 3. The number of rotatable bonds is 0. The van der Waals surface area contributed by atoms with Crippen LogP contribution in [0.3, 0.4) is 0 Å². The summed E-state index contributed by atoms with van der Waals surface area (Å²) in [6, 6.07) is 1.49. The van der Waals surface area contributed by atoms with Crippen molar-refractivity contribution in [3.05, 3.63) is 16.1 Å². The average Bonchev–Trinajstić information content (AvgIpc) is 2.35. The number of amides is 1.